The van der Waals surface area contributed by atoms with Gasteiger partial charge in [0, 0.05) is 5.69 Å². The quantitative estimate of drug-likeness (QED) is 0.337. The van der Waals surface area contributed by atoms with Crippen LogP contribution in [0.2, 0.25) is 0 Å². The zero-order valence-corrected chi connectivity index (χ0v) is 9.49. The highest BCUT2D eigenvalue weighted by Gasteiger charge is 2.13. The monoisotopic (exact) mass is 232 g/mol. The molecule has 0 spiro atoms. The van der Waals surface area contributed by atoms with Crippen molar-refractivity contribution in [2.45, 2.75) is 13.8 Å². The minimum absolute atomic E-state index is 0.0255. The van der Waals surface area contributed by atoms with E-state index in [-0.39, 0.29) is 5.84 Å². The van der Waals surface area contributed by atoms with Crippen LogP contribution >= 0.6 is 0 Å². The molecule has 0 unspecified atom stereocenters. The van der Waals surface area contributed by atoms with Crippen LogP contribution in [0.3, 0.4) is 0 Å². The maximum Gasteiger partial charge on any atom is 0.187 e. The van der Waals surface area contributed by atoms with E-state index in [4.69, 9.17) is 10.9 Å². The summed E-state index contributed by atoms with van der Waals surface area (Å²) in [4.78, 5) is 0. The van der Waals surface area contributed by atoms with Gasteiger partial charge in [0.25, 0.3) is 0 Å². The molecule has 7 heteroatoms. The largest absolute Gasteiger partial charge is 0.409 e. The minimum Gasteiger partial charge on any atom is -0.409 e. The van der Waals surface area contributed by atoms with E-state index in [1.54, 1.807) is 10.7 Å². The van der Waals surface area contributed by atoms with Crippen molar-refractivity contribution in [3.63, 3.8) is 0 Å². The van der Waals surface area contributed by atoms with E-state index in [1.165, 1.54) is 6.20 Å². The first-order valence-electron chi connectivity index (χ1n) is 4.96. The van der Waals surface area contributed by atoms with Gasteiger partial charge in [-0.1, -0.05) is 5.16 Å². The Bertz CT molecular complexity index is 574. The molecule has 0 aliphatic carbocycles. The highest BCUT2D eigenvalue weighted by Crippen LogP contribution is 2.13. The topological polar surface area (TPSA) is 102 Å². The van der Waals surface area contributed by atoms with Crippen molar-refractivity contribution < 1.29 is 5.21 Å². The van der Waals surface area contributed by atoms with Gasteiger partial charge < -0.3 is 10.9 Å². The minimum atomic E-state index is -0.0255. The van der Waals surface area contributed by atoms with Crippen molar-refractivity contribution in [3.8, 4) is 5.82 Å². The summed E-state index contributed by atoms with van der Waals surface area (Å²) < 4.78 is 1.61. The van der Waals surface area contributed by atoms with Gasteiger partial charge in [-0.15, -0.1) is 5.10 Å². The predicted molar refractivity (Wildman–Crippen MR) is 61.1 cm³/mol. The lowest BCUT2D eigenvalue weighted by Gasteiger charge is -2.07. The molecule has 0 aliphatic rings. The van der Waals surface area contributed by atoms with Gasteiger partial charge in [-0.2, -0.15) is 10.2 Å². The Morgan fingerprint density at radius 3 is 2.82 bits per heavy atom. The maximum absolute atomic E-state index is 8.72. The molecular formula is C10H12N6O. The van der Waals surface area contributed by atoms with Crippen molar-refractivity contribution in [2.75, 3.05) is 0 Å². The second-order valence-electron chi connectivity index (χ2n) is 3.59. The predicted octanol–water partition coefficient (Wildman–Crippen LogP) is 0.374. The zero-order chi connectivity index (χ0) is 12.4. The third-order valence-electron chi connectivity index (χ3n) is 2.30. The Morgan fingerprint density at radius 2 is 2.24 bits per heavy atom. The smallest absolute Gasteiger partial charge is 0.187 e. The van der Waals surface area contributed by atoms with Gasteiger partial charge in [0.15, 0.2) is 11.7 Å². The Balaban J connectivity index is 2.64. The molecular weight excluding hydrogens is 220 g/mol. The Hall–Kier alpha value is -2.44. The lowest BCUT2D eigenvalue weighted by Crippen LogP contribution is -2.18. The van der Waals surface area contributed by atoms with Crippen LogP contribution in [0.1, 0.15) is 17.0 Å². The average Bonchev–Trinajstić information content (AvgIpc) is 2.67. The van der Waals surface area contributed by atoms with Crippen LogP contribution in [0.15, 0.2) is 23.5 Å². The number of nitrogens with two attached hydrogens (primary N) is 1. The summed E-state index contributed by atoms with van der Waals surface area (Å²) in [7, 11) is 0. The van der Waals surface area contributed by atoms with Crippen molar-refractivity contribution in [1.29, 1.82) is 0 Å². The lowest BCUT2D eigenvalue weighted by atomic mass is 10.2. The van der Waals surface area contributed by atoms with E-state index >= 15 is 0 Å². The SMILES string of the molecule is Cc1cc(C)n(-c2nnccc2/C(N)=N/O)n1. The second kappa shape index (κ2) is 4.20. The van der Waals surface area contributed by atoms with Crippen molar-refractivity contribution in [1.82, 2.24) is 20.0 Å². The number of amidine groups is 1. The van der Waals surface area contributed by atoms with Gasteiger partial charge in [0.05, 0.1) is 17.5 Å². The standard InChI is InChI=1S/C10H12N6O/c1-6-5-7(2)16(14-6)10-8(9(11)15-17)3-4-12-13-10/h3-5,17H,1-2H3,(H2,11,15). The third kappa shape index (κ3) is 1.94. The molecule has 2 rings (SSSR count). The summed E-state index contributed by atoms with van der Waals surface area (Å²) >= 11 is 0. The van der Waals surface area contributed by atoms with Crippen LogP contribution in [-0.2, 0) is 0 Å². The fraction of sp³-hybridized carbons (Fsp3) is 0.200. The van der Waals surface area contributed by atoms with Crippen molar-refractivity contribution in [2.24, 2.45) is 10.9 Å². The molecule has 2 aromatic rings. The fourth-order valence-electron chi connectivity index (χ4n) is 1.58. The van der Waals surface area contributed by atoms with E-state index in [0.717, 1.165) is 11.4 Å². The molecule has 0 saturated carbocycles. The molecule has 0 aromatic carbocycles. The molecule has 2 heterocycles. The first kappa shape index (κ1) is 11.1. The van der Waals surface area contributed by atoms with Gasteiger partial charge in [0.2, 0.25) is 0 Å². The summed E-state index contributed by atoms with van der Waals surface area (Å²) in [5, 5.41) is 23.7. The Morgan fingerprint density at radius 1 is 1.47 bits per heavy atom. The number of rotatable bonds is 2. The number of hydrogen-bond donors (Lipinski definition) is 2. The number of aryl methyl sites for hydroxylation is 2. The van der Waals surface area contributed by atoms with Gasteiger partial charge in [-0.25, -0.2) is 4.68 Å². The van der Waals surface area contributed by atoms with Crippen LogP contribution in [0.25, 0.3) is 5.82 Å². The molecule has 0 fully saturated rings. The lowest BCUT2D eigenvalue weighted by molar-refractivity contribution is 0.318. The number of aromatic nitrogens is 4. The second-order valence-corrected chi connectivity index (χ2v) is 3.59. The van der Waals surface area contributed by atoms with Crippen LogP contribution in [0.4, 0.5) is 0 Å². The summed E-state index contributed by atoms with van der Waals surface area (Å²) in [5.74, 6) is 0.413. The Labute approximate surface area is 97.6 Å². The first-order chi connectivity index (χ1) is 8.13. The van der Waals surface area contributed by atoms with Crippen molar-refractivity contribution in [3.05, 3.63) is 35.3 Å². The molecule has 3 N–H and O–H groups in total. The Kier molecular flexibility index (Phi) is 2.73. The van der Waals surface area contributed by atoms with Gasteiger partial charge in [-0.3, -0.25) is 0 Å². The molecule has 2 aromatic heterocycles. The number of nitrogens with zero attached hydrogens (tertiary/aromatic N) is 5. The van der Waals surface area contributed by atoms with E-state index in [2.05, 4.69) is 20.5 Å². The van der Waals surface area contributed by atoms with Gasteiger partial charge in [-0.05, 0) is 26.0 Å². The van der Waals surface area contributed by atoms with Crippen LogP contribution < -0.4 is 5.73 Å². The van der Waals surface area contributed by atoms with Gasteiger partial charge in [0.1, 0.15) is 0 Å². The average molecular weight is 232 g/mol. The zero-order valence-electron chi connectivity index (χ0n) is 9.49. The highest BCUT2D eigenvalue weighted by molar-refractivity contribution is 5.99. The number of oxime groups is 1. The highest BCUT2D eigenvalue weighted by atomic mass is 16.4. The number of hydrogen-bond acceptors (Lipinski definition) is 5. The molecule has 0 radical (unpaired) electrons. The van der Waals surface area contributed by atoms with Crippen LogP contribution in [0, 0.1) is 13.8 Å². The molecule has 88 valence electrons. The normalized spacial score (nSPS) is 11.8. The molecule has 0 aliphatic heterocycles. The van der Waals surface area contributed by atoms with Crippen molar-refractivity contribution >= 4 is 5.84 Å². The summed E-state index contributed by atoms with van der Waals surface area (Å²) in [6.45, 7) is 3.77. The van der Waals surface area contributed by atoms with Gasteiger partial charge >= 0.3 is 0 Å². The van der Waals surface area contributed by atoms with E-state index in [9.17, 15) is 0 Å². The first-order valence-corrected chi connectivity index (χ1v) is 4.96. The molecule has 7 nitrogen and oxygen atoms in total. The summed E-state index contributed by atoms with van der Waals surface area (Å²) in [6, 6.07) is 3.53. The fourth-order valence-corrected chi connectivity index (χ4v) is 1.58. The maximum atomic E-state index is 8.72. The molecule has 0 amide bonds. The van der Waals surface area contributed by atoms with E-state index < -0.39 is 0 Å². The molecule has 0 atom stereocenters. The molecule has 0 bridgehead atoms. The van der Waals surface area contributed by atoms with E-state index in [1.807, 2.05) is 19.9 Å². The summed E-state index contributed by atoms with van der Waals surface area (Å²) in [6.07, 6.45) is 1.47. The molecule has 0 saturated heterocycles. The molecule has 17 heavy (non-hydrogen) atoms. The van der Waals surface area contributed by atoms with Crippen LogP contribution in [-0.4, -0.2) is 31.0 Å². The van der Waals surface area contributed by atoms with Crippen LogP contribution in [0.5, 0.6) is 0 Å². The van der Waals surface area contributed by atoms with E-state index in [0.29, 0.717) is 11.4 Å². The third-order valence-corrected chi connectivity index (χ3v) is 2.30. The summed E-state index contributed by atoms with van der Waals surface area (Å²) in [5.41, 5.74) is 7.82.